The van der Waals surface area contributed by atoms with E-state index in [0.717, 1.165) is 18.2 Å². The Hall–Kier alpha value is -2.21. The molecule has 0 amide bonds. The lowest BCUT2D eigenvalue weighted by Crippen LogP contribution is -2.03. The smallest absolute Gasteiger partial charge is 0.275 e. The summed E-state index contributed by atoms with van der Waals surface area (Å²) in [6.45, 7) is 0.0520. The highest BCUT2D eigenvalue weighted by Gasteiger charge is 2.14. The van der Waals surface area contributed by atoms with Crippen LogP contribution in [0.5, 0.6) is 0 Å². The first-order chi connectivity index (χ1) is 9.45. The minimum Gasteiger partial charge on any atom is -0.381 e. The Morgan fingerprint density at radius 3 is 2.40 bits per heavy atom. The third kappa shape index (κ3) is 3.42. The lowest BCUT2D eigenvalue weighted by Gasteiger charge is -2.08. The van der Waals surface area contributed by atoms with Crippen LogP contribution in [0.4, 0.5) is 20.2 Å². The van der Waals surface area contributed by atoms with E-state index in [1.54, 1.807) is 0 Å². The second kappa shape index (κ2) is 5.83. The number of halogens is 3. The topological polar surface area (TPSA) is 55.2 Å². The molecular weight excluding hydrogens is 290 g/mol. The zero-order valence-corrected chi connectivity index (χ0v) is 10.8. The van der Waals surface area contributed by atoms with E-state index in [-0.39, 0.29) is 22.9 Å². The molecule has 0 radical (unpaired) electrons. The maximum absolute atomic E-state index is 13.0. The summed E-state index contributed by atoms with van der Waals surface area (Å²) in [7, 11) is 0. The van der Waals surface area contributed by atoms with Crippen LogP contribution in [0.2, 0.25) is 5.02 Å². The Kier molecular flexibility index (Phi) is 4.14. The molecule has 0 bridgehead atoms. The van der Waals surface area contributed by atoms with Gasteiger partial charge in [-0.25, -0.2) is 8.78 Å². The van der Waals surface area contributed by atoms with E-state index in [9.17, 15) is 18.9 Å². The van der Waals surface area contributed by atoms with Gasteiger partial charge in [0.2, 0.25) is 0 Å². The lowest BCUT2D eigenvalue weighted by molar-refractivity contribution is -0.385. The molecule has 0 unspecified atom stereocenters. The van der Waals surface area contributed by atoms with Crippen LogP contribution in [0.1, 0.15) is 5.56 Å². The molecule has 4 nitrogen and oxygen atoms in total. The molecule has 104 valence electrons. The van der Waals surface area contributed by atoms with Crippen molar-refractivity contribution in [2.75, 3.05) is 5.32 Å². The molecule has 0 aromatic heterocycles. The molecule has 0 aliphatic heterocycles. The van der Waals surface area contributed by atoms with Gasteiger partial charge in [0.05, 0.1) is 4.92 Å². The zero-order valence-electron chi connectivity index (χ0n) is 10.1. The second-order valence-corrected chi connectivity index (χ2v) is 4.48. The summed E-state index contributed by atoms with van der Waals surface area (Å²) < 4.78 is 26.0. The summed E-state index contributed by atoms with van der Waals surface area (Å²) in [4.78, 5) is 10.3. The van der Waals surface area contributed by atoms with E-state index in [1.807, 2.05) is 0 Å². The first kappa shape index (κ1) is 14.2. The fourth-order valence-corrected chi connectivity index (χ4v) is 1.88. The predicted octanol–water partition coefficient (Wildman–Crippen LogP) is 4.14. The second-order valence-electron chi connectivity index (χ2n) is 4.04. The van der Waals surface area contributed by atoms with Crippen LogP contribution in [0.3, 0.4) is 0 Å². The van der Waals surface area contributed by atoms with Gasteiger partial charge < -0.3 is 5.32 Å². The number of anilines is 1. The van der Waals surface area contributed by atoms with Crippen LogP contribution in [0, 0.1) is 21.7 Å². The summed E-state index contributed by atoms with van der Waals surface area (Å²) in [5, 5.41) is 13.9. The number of nitro benzene ring substituents is 1. The lowest BCUT2D eigenvalue weighted by atomic mass is 10.1. The normalized spacial score (nSPS) is 10.3. The fourth-order valence-electron chi connectivity index (χ4n) is 1.71. The highest BCUT2D eigenvalue weighted by Crippen LogP contribution is 2.24. The number of rotatable bonds is 4. The van der Waals surface area contributed by atoms with Crippen molar-refractivity contribution in [1.82, 2.24) is 0 Å². The quantitative estimate of drug-likeness (QED) is 0.682. The maximum Gasteiger partial charge on any atom is 0.275 e. The van der Waals surface area contributed by atoms with Gasteiger partial charge in [-0.3, -0.25) is 10.1 Å². The summed E-state index contributed by atoms with van der Waals surface area (Å²) in [5.41, 5.74) is 0.415. The van der Waals surface area contributed by atoms with Gasteiger partial charge in [0.1, 0.15) is 11.6 Å². The van der Waals surface area contributed by atoms with Crippen LogP contribution in [0.25, 0.3) is 0 Å². The van der Waals surface area contributed by atoms with E-state index in [2.05, 4.69) is 5.32 Å². The Morgan fingerprint density at radius 1 is 1.15 bits per heavy atom. The molecule has 0 aliphatic rings. The van der Waals surface area contributed by atoms with Crippen LogP contribution < -0.4 is 5.32 Å². The summed E-state index contributed by atoms with van der Waals surface area (Å²) >= 11 is 5.70. The largest absolute Gasteiger partial charge is 0.381 e. The molecule has 0 aliphatic carbocycles. The molecule has 0 fully saturated rings. The molecule has 2 rings (SSSR count). The Morgan fingerprint density at radius 2 is 1.80 bits per heavy atom. The third-order valence-corrected chi connectivity index (χ3v) is 2.82. The van der Waals surface area contributed by atoms with Gasteiger partial charge >= 0.3 is 0 Å². The van der Waals surface area contributed by atoms with E-state index in [4.69, 9.17) is 11.6 Å². The van der Waals surface area contributed by atoms with Crippen LogP contribution in [-0.4, -0.2) is 4.92 Å². The Balaban J connectivity index is 2.20. The van der Waals surface area contributed by atoms with Gasteiger partial charge in [0.15, 0.2) is 0 Å². The van der Waals surface area contributed by atoms with Crippen molar-refractivity contribution in [3.8, 4) is 0 Å². The molecule has 20 heavy (non-hydrogen) atoms. The number of hydrogen-bond acceptors (Lipinski definition) is 3. The van der Waals surface area contributed by atoms with Gasteiger partial charge in [-0.2, -0.15) is 0 Å². The summed E-state index contributed by atoms with van der Waals surface area (Å²) in [6, 6.07) is 7.18. The number of benzene rings is 2. The first-order valence-corrected chi connectivity index (χ1v) is 5.96. The highest BCUT2D eigenvalue weighted by atomic mass is 35.5. The highest BCUT2D eigenvalue weighted by molar-refractivity contribution is 6.30. The molecule has 0 saturated carbocycles. The van der Waals surface area contributed by atoms with Crippen LogP contribution in [0.15, 0.2) is 36.4 Å². The van der Waals surface area contributed by atoms with E-state index < -0.39 is 16.6 Å². The van der Waals surface area contributed by atoms with E-state index >= 15 is 0 Å². The van der Waals surface area contributed by atoms with Gasteiger partial charge in [-0.1, -0.05) is 11.6 Å². The van der Waals surface area contributed by atoms with Gasteiger partial charge in [0, 0.05) is 35.0 Å². The van der Waals surface area contributed by atoms with Crippen molar-refractivity contribution in [2.24, 2.45) is 0 Å². The van der Waals surface area contributed by atoms with Gasteiger partial charge in [0.25, 0.3) is 5.69 Å². The average molecular weight is 299 g/mol. The summed E-state index contributed by atoms with van der Waals surface area (Å²) in [5.74, 6) is -1.45. The standard InChI is InChI=1S/C13H9ClF2N2O2/c14-9-2-1-8(13(3-9)18(19)20)7-17-12-5-10(15)4-11(16)6-12/h1-6,17H,7H2. The minimum atomic E-state index is -0.724. The van der Waals surface area contributed by atoms with Gasteiger partial charge in [-0.05, 0) is 24.3 Å². The first-order valence-electron chi connectivity index (χ1n) is 5.58. The van der Waals surface area contributed by atoms with Crippen molar-refractivity contribution < 1.29 is 13.7 Å². The van der Waals surface area contributed by atoms with Crippen molar-refractivity contribution in [3.05, 3.63) is 68.7 Å². The van der Waals surface area contributed by atoms with Crippen molar-refractivity contribution in [2.45, 2.75) is 6.54 Å². The number of hydrogen-bond donors (Lipinski definition) is 1. The van der Waals surface area contributed by atoms with Crippen LogP contribution >= 0.6 is 11.6 Å². The molecule has 0 spiro atoms. The van der Waals surface area contributed by atoms with E-state index in [0.29, 0.717) is 5.56 Å². The molecule has 1 N–H and O–H groups in total. The van der Waals surface area contributed by atoms with Crippen molar-refractivity contribution >= 4 is 23.0 Å². The van der Waals surface area contributed by atoms with Crippen molar-refractivity contribution in [3.63, 3.8) is 0 Å². The molecule has 0 saturated heterocycles. The molecule has 0 heterocycles. The number of nitrogens with zero attached hydrogens (tertiary/aromatic N) is 1. The maximum atomic E-state index is 13.0. The fraction of sp³-hybridized carbons (Fsp3) is 0.0769. The zero-order chi connectivity index (χ0) is 14.7. The van der Waals surface area contributed by atoms with E-state index in [1.165, 1.54) is 18.2 Å². The molecule has 7 heteroatoms. The average Bonchev–Trinajstić information content (AvgIpc) is 2.36. The number of nitrogens with one attached hydrogen (secondary N) is 1. The predicted molar refractivity (Wildman–Crippen MR) is 71.8 cm³/mol. The van der Waals surface area contributed by atoms with Crippen LogP contribution in [-0.2, 0) is 6.54 Å². The molecule has 2 aromatic rings. The van der Waals surface area contributed by atoms with Crippen molar-refractivity contribution in [1.29, 1.82) is 0 Å². The SMILES string of the molecule is O=[N+]([O-])c1cc(Cl)ccc1CNc1cc(F)cc(F)c1. The summed E-state index contributed by atoms with van der Waals surface area (Å²) in [6.07, 6.45) is 0. The minimum absolute atomic E-state index is 0.0520. The molecule has 2 aromatic carbocycles. The molecule has 0 atom stereocenters. The Bertz CT molecular complexity index is 645. The third-order valence-electron chi connectivity index (χ3n) is 2.59. The van der Waals surface area contributed by atoms with Gasteiger partial charge in [-0.15, -0.1) is 0 Å². The molecular formula is C13H9ClF2N2O2. The number of nitro groups is 1. The monoisotopic (exact) mass is 298 g/mol. The Labute approximate surface area is 118 Å².